The van der Waals surface area contributed by atoms with Crippen LogP contribution in [-0.4, -0.2) is 66.5 Å². The highest BCUT2D eigenvalue weighted by atomic mass is 35.5. The molecule has 32 heavy (non-hydrogen) atoms. The van der Waals surface area contributed by atoms with E-state index in [1.165, 1.54) is 11.5 Å². The van der Waals surface area contributed by atoms with Gasteiger partial charge in [-0.25, -0.2) is 4.98 Å². The number of hydrogen-bond acceptors (Lipinski definition) is 7. The van der Waals surface area contributed by atoms with Gasteiger partial charge in [0.2, 0.25) is 5.13 Å². The zero-order valence-electron chi connectivity index (χ0n) is 18.0. The number of aromatic nitrogens is 2. The lowest BCUT2D eigenvalue weighted by Crippen LogP contribution is -2.48. The molecule has 7 nitrogen and oxygen atoms in total. The van der Waals surface area contributed by atoms with Gasteiger partial charge in [-0.3, -0.25) is 9.69 Å². The van der Waals surface area contributed by atoms with E-state index < -0.39 is 0 Å². The molecule has 2 aromatic carbocycles. The molecule has 2 heterocycles. The van der Waals surface area contributed by atoms with Crippen LogP contribution in [-0.2, 0) is 6.42 Å². The maximum Gasteiger partial charge on any atom is 0.251 e. The van der Waals surface area contributed by atoms with Crippen molar-refractivity contribution in [3.05, 3.63) is 70.5 Å². The van der Waals surface area contributed by atoms with Crippen molar-refractivity contribution in [2.75, 3.05) is 51.3 Å². The lowest BCUT2D eigenvalue weighted by molar-refractivity contribution is 0.0947. The first-order chi connectivity index (χ1) is 15.6. The van der Waals surface area contributed by atoms with Crippen molar-refractivity contribution in [3.8, 4) is 5.75 Å². The molecule has 0 spiro atoms. The molecule has 1 aromatic heterocycles. The van der Waals surface area contributed by atoms with E-state index in [-0.39, 0.29) is 5.91 Å². The van der Waals surface area contributed by atoms with Crippen molar-refractivity contribution in [3.63, 3.8) is 0 Å². The minimum absolute atomic E-state index is 0.0791. The number of ether oxygens (including phenoxy) is 1. The highest BCUT2D eigenvalue weighted by Crippen LogP contribution is 2.21. The summed E-state index contributed by atoms with van der Waals surface area (Å²) < 4.78 is 9.70. The molecule has 4 rings (SSSR count). The largest absolute Gasteiger partial charge is 0.497 e. The number of carbonyl (C=O) groups excluding carboxylic acids is 1. The molecule has 3 aromatic rings. The summed E-state index contributed by atoms with van der Waals surface area (Å²) in [7, 11) is 1.60. The number of rotatable bonds is 8. The standard InChI is InChI=1S/C23H26ClN5O2S/c1-31-20-4-2-3-18(16-20)22(30)25-9-10-28-11-13-29(14-12-28)23-26-21(27-32-23)15-17-5-7-19(24)8-6-17/h2-8,16H,9-15H2,1H3,(H,25,30). The van der Waals surface area contributed by atoms with Gasteiger partial charge in [0, 0.05) is 67.8 Å². The molecule has 0 radical (unpaired) electrons. The Morgan fingerprint density at radius 3 is 2.69 bits per heavy atom. The predicted molar refractivity (Wildman–Crippen MR) is 128 cm³/mol. The number of hydrogen-bond donors (Lipinski definition) is 1. The van der Waals surface area contributed by atoms with Crippen LogP contribution >= 0.6 is 23.1 Å². The highest BCUT2D eigenvalue weighted by Gasteiger charge is 2.20. The number of anilines is 1. The minimum atomic E-state index is -0.0791. The Bertz CT molecular complexity index is 1030. The zero-order chi connectivity index (χ0) is 22.3. The summed E-state index contributed by atoms with van der Waals surface area (Å²) in [6.07, 6.45) is 0.709. The molecule has 0 aliphatic carbocycles. The predicted octanol–water partition coefficient (Wildman–Crippen LogP) is 3.34. The lowest BCUT2D eigenvalue weighted by Gasteiger charge is -2.34. The Labute approximate surface area is 197 Å². The first-order valence-electron chi connectivity index (χ1n) is 10.6. The Morgan fingerprint density at radius 2 is 1.94 bits per heavy atom. The van der Waals surface area contributed by atoms with Crippen molar-refractivity contribution in [2.45, 2.75) is 6.42 Å². The normalized spacial score (nSPS) is 14.4. The fourth-order valence-corrected chi connectivity index (χ4v) is 4.45. The zero-order valence-corrected chi connectivity index (χ0v) is 19.5. The fraction of sp³-hybridized carbons (Fsp3) is 0.348. The summed E-state index contributed by atoms with van der Waals surface area (Å²) in [5.41, 5.74) is 1.76. The van der Waals surface area contributed by atoms with Gasteiger partial charge in [-0.2, -0.15) is 4.37 Å². The van der Waals surface area contributed by atoms with Crippen molar-refractivity contribution in [1.82, 2.24) is 19.6 Å². The van der Waals surface area contributed by atoms with Crippen LogP contribution in [0.4, 0.5) is 5.13 Å². The molecule has 1 amide bonds. The number of nitrogens with zero attached hydrogens (tertiary/aromatic N) is 4. The third-order valence-corrected chi connectivity index (χ3v) is 6.49. The molecule has 0 saturated carbocycles. The summed E-state index contributed by atoms with van der Waals surface area (Å²) >= 11 is 7.41. The average molecular weight is 472 g/mol. The van der Waals surface area contributed by atoms with Crippen LogP contribution in [0.25, 0.3) is 0 Å². The van der Waals surface area contributed by atoms with Crippen LogP contribution < -0.4 is 15.0 Å². The van der Waals surface area contributed by atoms with Crippen LogP contribution in [0.2, 0.25) is 5.02 Å². The highest BCUT2D eigenvalue weighted by molar-refractivity contribution is 7.09. The van der Waals surface area contributed by atoms with E-state index in [0.29, 0.717) is 24.3 Å². The van der Waals surface area contributed by atoms with Crippen molar-refractivity contribution in [2.24, 2.45) is 0 Å². The molecule has 0 unspecified atom stereocenters. The molecule has 1 saturated heterocycles. The van der Waals surface area contributed by atoms with Gasteiger partial charge < -0.3 is 15.0 Å². The first kappa shape index (κ1) is 22.5. The van der Waals surface area contributed by atoms with Crippen LogP contribution in [0.3, 0.4) is 0 Å². The molecule has 1 N–H and O–H groups in total. The van der Waals surface area contributed by atoms with Gasteiger partial charge in [0.25, 0.3) is 5.91 Å². The first-order valence-corrected chi connectivity index (χ1v) is 11.7. The van der Waals surface area contributed by atoms with Crippen LogP contribution in [0, 0.1) is 0 Å². The van der Waals surface area contributed by atoms with Gasteiger partial charge in [-0.15, -0.1) is 0 Å². The maximum atomic E-state index is 12.3. The molecule has 0 bridgehead atoms. The van der Waals surface area contributed by atoms with Gasteiger partial charge in [0.15, 0.2) is 0 Å². The van der Waals surface area contributed by atoms with E-state index in [1.54, 1.807) is 19.2 Å². The average Bonchev–Trinajstić information content (AvgIpc) is 3.29. The van der Waals surface area contributed by atoms with Crippen molar-refractivity contribution >= 4 is 34.2 Å². The van der Waals surface area contributed by atoms with Crippen LogP contribution in [0.5, 0.6) is 5.75 Å². The second-order valence-corrected chi connectivity index (χ2v) is 8.78. The fourth-order valence-electron chi connectivity index (χ4n) is 3.59. The van der Waals surface area contributed by atoms with Crippen molar-refractivity contribution in [1.29, 1.82) is 0 Å². The van der Waals surface area contributed by atoms with E-state index in [0.717, 1.165) is 54.3 Å². The number of methoxy groups -OCH3 is 1. The number of carbonyl (C=O) groups is 1. The number of piperazine rings is 1. The van der Waals surface area contributed by atoms with Gasteiger partial charge in [0.1, 0.15) is 11.6 Å². The number of halogens is 1. The number of benzene rings is 2. The monoisotopic (exact) mass is 471 g/mol. The molecule has 1 fully saturated rings. The van der Waals surface area contributed by atoms with E-state index in [2.05, 4.69) is 19.5 Å². The molecule has 1 aliphatic rings. The van der Waals surface area contributed by atoms with E-state index in [4.69, 9.17) is 21.3 Å². The van der Waals surface area contributed by atoms with E-state index in [1.807, 2.05) is 36.4 Å². The molecule has 168 valence electrons. The van der Waals surface area contributed by atoms with Gasteiger partial charge >= 0.3 is 0 Å². The lowest BCUT2D eigenvalue weighted by atomic mass is 10.1. The van der Waals surface area contributed by atoms with E-state index in [9.17, 15) is 4.79 Å². The van der Waals surface area contributed by atoms with Crippen LogP contribution in [0.1, 0.15) is 21.7 Å². The Balaban J connectivity index is 1.20. The summed E-state index contributed by atoms with van der Waals surface area (Å²) in [5, 5.41) is 4.70. The summed E-state index contributed by atoms with van der Waals surface area (Å²) in [6, 6.07) is 15.0. The molecule has 1 aliphatic heterocycles. The third-order valence-electron chi connectivity index (χ3n) is 5.42. The summed E-state index contributed by atoms with van der Waals surface area (Å²) in [4.78, 5) is 21.7. The van der Waals surface area contributed by atoms with Crippen LogP contribution in [0.15, 0.2) is 48.5 Å². The SMILES string of the molecule is COc1cccc(C(=O)NCCN2CCN(c3nc(Cc4ccc(Cl)cc4)ns3)CC2)c1. The molecule has 0 atom stereocenters. The molecule has 9 heteroatoms. The summed E-state index contributed by atoms with van der Waals surface area (Å²) in [5.74, 6) is 1.45. The molecular weight excluding hydrogens is 446 g/mol. The molecular formula is C23H26ClN5O2S. The van der Waals surface area contributed by atoms with Gasteiger partial charge in [0.05, 0.1) is 7.11 Å². The smallest absolute Gasteiger partial charge is 0.251 e. The Morgan fingerprint density at radius 1 is 1.16 bits per heavy atom. The number of nitrogens with one attached hydrogen (secondary N) is 1. The Kier molecular flexibility index (Phi) is 7.57. The second kappa shape index (κ2) is 10.8. The van der Waals surface area contributed by atoms with Gasteiger partial charge in [-0.05, 0) is 35.9 Å². The third kappa shape index (κ3) is 5.97. The topological polar surface area (TPSA) is 70.6 Å². The minimum Gasteiger partial charge on any atom is -0.497 e. The number of amides is 1. The maximum absolute atomic E-state index is 12.3. The Hall–Kier alpha value is -2.68. The van der Waals surface area contributed by atoms with Gasteiger partial charge in [-0.1, -0.05) is 29.8 Å². The van der Waals surface area contributed by atoms with E-state index >= 15 is 0 Å². The summed E-state index contributed by atoms with van der Waals surface area (Å²) in [6.45, 7) is 5.10. The quantitative estimate of drug-likeness (QED) is 0.543. The van der Waals surface area contributed by atoms with Crippen molar-refractivity contribution < 1.29 is 9.53 Å². The second-order valence-electron chi connectivity index (χ2n) is 7.61.